The predicted molar refractivity (Wildman–Crippen MR) is 105 cm³/mol. The topological polar surface area (TPSA) is 47.8 Å². The van der Waals surface area contributed by atoms with Gasteiger partial charge in [0.25, 0.3) is 0 Å². The molecule has 0 bridgehead atoms. The highest BCUT2D eigenvalue weighted by atomic mass is 32.2. The summed E-state index contributed by atoms with van der Waals surface area (Å²) in [7, 11) is 1.94. The molecular formula is C21H21N3OS. The van der Waals surface area contributed by atoms with Crippen LogP contribution in [-0.2, 0) is 19.9 Å². The van der Waals surface area contributed by atoms with Crippen LogP contribution in [0.4, 0.5) is 0 Å². The Balaban J connectivity index is 1.52. The molecule has 1 aromatic heterocycles. The van der Waals surface area contributed by atoms with E-state index in [1.807, 2.05) is 54.9 Å². The van der Waals surface area contributed by atoms with Gasteiger partial charge in [0.1, 0.15) is 0 Å². The maximum Gasteiger partial charge on any atom is 0.191 e. The number of hydrogen-bond acceptors (Lipinski definition) is 4. The summed E-state index contributed by atoms with van der Waals surface area (Å²) < 4.78 is 1.95. The van der Waals surface area contributed by atoms with Gasteiger partial charge in [0.05, 0.1) is 5.25 Å². The Bertz CT molecular complexity index is 949. The maximum atomic E-state index is 12.9. The number of carbonyl (C=O) groups excluding carboxylic acids is 1. The molecule has 0 N–H and O–H groups in total. The highest BCUT2D eigenvalue weighted by molar-refractivity contribution is 8.00. The van der Waals surface area contributed by atoms with Crippen molar-refractivity contribution in [3.05, 3.63) is 65.2 Å². The summed E-state index contributed by atoms with van der Waals surface area (Å²) >= 11 is 1.46. The summed E-state index contributed by atoms with van der Waals surface area (Å²) in [6, 6.07) is 16.1. The van der Waals surface area contributed by atoms with Crippen LogP contribution in [0.3, 0.4) is 0 Å². The first-order valence-electron chi connectivity index (χ1n) is 8.91. The van der Waals surface area contributed by atoms with Crippen LogP contribution in [0.5, 0.6) is 0 Å². The molecule has 0 amide bonds. The number of hydrogen-bond donors (Lipinski definition) is 0. The molecule has 2 aromatic carbocycles. The summed E-state index contributed by atoms with van der Waals surface area (Å²) in [6.45, 7) is 1.94. The van der Waals surface area contributed by atoms with Crippen molar-refractivity contribution >= 4 is 17.5 Å². The highest BCUT2D eigenvalue weighted by Crippen LogP contribution is 2.29. The smallest absolute Gasteiger partial charge is 0.191 e. The van der Waals surface area contributed by atoms with Crippen LogP contribution >= 0.6 is 11.8 Å². The van der Waals surface area contributed by atoms with E-state index in [1.54, 1.807) is 0 Å². The van der Waals surface area contributed by atoms with E-state index in [1.165, 1.54) is 29.3 Å². The molecule has 0 aliphatic heterocycles. The molecule has 0 saturated carbocycles. The van der Waals surface area contributed by atoms with Crippen LogP contribution < -0.4 is 0 Å². The quantitative estimate of drug-likeness (QED) is 0.500. The Labute approximate surface area is 157 Å². The summed E-state index contributed by atoms with van der Waals surface area (Å²) in [5, 5.41) is 9.14. The molecule has 1 atom stereocenters. The number of nitrogens with zero attached hydrogens (tertiary/aromatic N) is 3. The van der Waals surface area contributed by atoms with Gasteiger partial charge in [-0.15, -0.1) is 10.2 Å². The van der Waals surface area contributed by atoms with Crippen LogP contribution in [0.25, 0.3) is 11.4 Å². The van der Waals surface area contributed by atoms with E-state index in [0.717, 1.165) is 34.9 Å². The Morgan fingerprint density at radius 3 is 2.65 bits per heavy atom. The van der Waals surface area contributed by atoms with Crippen molar-refractivity contribution in [1.29, 1.82) is 0 Å². The van der Waals surface area contributed by atoms with Gasteiger partial charge in [0.2, 0.25) is 0 Å². The number of aryl methyl sites for hydroxylation is 2. The molecule has 1 aliphatic carbocycles. The third-order valence-electron chi connectivity index (χ3n) is 4.90. The summed E-state index contributed by atoms with van der Waals surface area (Å²) in [5.74, 6) is 0.958. The normalized spacial score (nSPS) is 14.2. The van der Waals surface area contributed by atoms with Crippen molar-refractivity contribution in [2.24, 2.45) is 7.05 Å². The first-order valence-corrected chi connectivity index (χ1v) is 9.79. The van der Waals surface area contributed by atoms with Crippen LogP contribution in [0.2, 0.25) is 0 Å². The molecular weight excluding hydrogens is 342 g/mol. The standard InChI is InChI=1S/C21H21N3OS/c1-14(19(25)18-12-11-15-9-6-10-17(15)13-18)26-21-23-22-20(24(21)2)16-7-4-3-5-8-16/h3-5,7-8,11-14H,6,9-10H2,1-2H3. The van der Waals surface area contributed by atoms with Crippen molar-refractivity contribution in [1.82, 2.24) is 14.8 Å². The van der Waals surface area contributed by atoms with Crippen molar-refractivity contribution < 1.29 is 4.79 Å². The maximum absolute atomic E-state index is 12.9. The minimum atomic E-state index is -0.207. The molecule has 132 valence electrons. The van der Waals surface area contributed by atoms with Crippen molar-refractivity contribution in [2.45, 2.75) is 36.6 Å². The number of ketones is 1. The molecule has 0 spiro atoms. The van der Waals surface area contributed by atoms with Gasteiger partial charge in [-0.25, -0.2) is 0 Å². The van der Waals surface area contributed by atoms with Crippen LogP contribution in [0.15, 0.2) is 53.7 Å². The molecule has 1 unspecified atom stereocenters. The minimum absolute atomic E-state index is 0.147. The molecule has 5 heteroatoms. The average molecular weight is 363 g/mol. The third kappa shape index (κ3) is 3.19. The number of carbonyl (C=O) groups is 1. The summed E-state index contributed by atoms with van der Waals surface area (Å²) in [5.41, 5.74) is 4.55. The Hall–Kier alpha value is -2.40. The Morgan fingerprint density at radius 2 is 1.85 bits per heavy atom. The van der Waals surface area contributed by atoms with Crippen molar-refractivity contribution in [2.75, 3.05) is 0 Å². The Morgan fingerprint density at radius 1 is 1.08 bits per heavy atom. The zero-order valence-corrected chi connectivity index (χ0v) is 15.8. The van der Waals surface area contributed by atoms with E-state index in [4.69, 9.17) is 0 Å². The lowest BCUT2D eigenvalue weighted by Gasteiger charge is -2.11. The molecule has 3 aromatic rings. The first kappa shape index (κ1) is 17.0. The fourth-order valence-corrected chi connectivity index (χ4v) is 4.32. The zero-order valence-electron chi connectivity index (χ0n) is 15.0. The van der Waals surface area contributed by atoms with Gasteiger partial charge in [-0.2, -0.15) is 0 Å². The largest absolute Gasteiger partial charge is 0.305 e. The van der Waals surface area contributed by atoms with Crippen LogP contribution in [0.1, 0.15) is 34.8 Å². The lowest BCUT2D eigenvalue weighted by atomic mass is 10.0. The van der Waals surface area contributed by atoms with Crippen molar-refractivity contribution in [3.8, 4) is 11.4 Å². The summed E-state index contributed by atoms with van der Waals surface area (Å²) in [4.78, 5) is 12.9. The first-order chi connectivity index (χ1) is 12.6. The fourth-order valence-electron chi connectivity index (χ4n) is 3.43. The second-order valence-corrected chi connectivity index (χ2v) is 8.00. The monoisotopic (exact) mass is 363 g/mol. The van der Waals surface area contributed by atoms with Gasteiger partial charge in [-0.3, -0.25) is 4.79 Å². The van der Waals surface area contributed by atoms with E-state index in [2.05, 4.69) is 22.3 Å². The summed E-state index contributed by atoms with van der Waals surface area (Å²) in [6.07, 6.45) is 3.41. The number of rotatable bonds is 5. The zero-order chi connectivity index (χ0) is 18.1. The van der Waals surface area contributed by atoms with Crippen molar-refractivity contribution in [3.63, 3.8) is 0 Å². The van der Waals surface area contributed by atoms with Gasteiger partial charge in [0, 0.05) is 18.2 Å². The van der Waals surface area contributed by atoms with E-state index in [0.29, 0.717) is 0 Å². The molecule has 4 rings (SSSR count). The Kier molecular flexibility index (Phi) is 4.64. The molecule has 0 saturated heterocycles. The molecule has 0 fully saturated rings. The van der Waals surface area contributed by atoms with Gasteiger partial charge in [0.15, 0.2) is 16.8 Å². The van der Waals surface area contributed by atoms with Crippen LogP contribution in [0, 0.1) is 0 Å². The van der Waals surface area contributed by atoms with E-state index >= 15 is 0 Å². The van der Waals surface area contributed by atoms with Crippen LogP contribution in [-0.4, -0.2) is 25.8 Å². The number of fused-ring (bicyclic) bond motifs is 1. The third-order valence-corrected chi connectivity index (χ3v) is 6.04. The SMILES string of the molecule is CC(Sc1nnc(-c2ccccc2)n1C)C(=O)c1ccc2c(c1)CCC2. The molecule has 1 aliphatic rings. The fraction of sp³-hybridized carbons (Fsp3) is 0.286. The highest BCUT2D eigenvalue weighted by Gasteiger charge is 2.22. The van der Waals surface area contributed by atoms with Gasteiger partial charge < -0.3 is 4.57 Å². The second kappa shape index (κ2) is 7.08. The van der Waals surface area contributed by atoms with Gasteiger partial charge in [-0.05, 0) is 43.4 Å². The number of aromatic nitrogens is 3. The van der Waals surface area contributed by atoms with E-state index in [-0.39, 0.29) is 11.0 Å². The number of Topliss-reactive ketones (excluding diaryl/α,β-unsaturated/α-hetero) is 1. The second-order valence-electron chi connectivity index (χ2n) is 6.69. The van der Waals surface area contributed by atoms with Gasteiger partial charge >= 0.3 is 0 Å². The minimum Gasteiger partial charge on any atom is -0.305 e. The lowest BCUT2D eigenvalue weighted by Crippen LogP contribution is -2.14. The average Bonchev–Trinajstić information content (AvgIpc) is 3.28. The van der Waals surface area contributed by atoms with E-state index in [9.17, 15) is 4.79 Å². The van der Waals surface area contributed by atoms with Gasteiger partial charge in [-0.1, -0.05) is 54.2 Å². The number of benzene rings is 2. The lowest BCUT2D eigenvalue weighted by molar-refractivity contribution is 0.0993. The molecule has 1 heterocycles. The number of thioether (sulfide) groups is 1. The van der Waals surface area contributed by atoms with E-state index < -0.39 is 0 Å². The molecule has 0 radical (unpaired) electrons. The molecule has 4 nitrogen and oxygen atoms in total. The predicted octanol–water partition coefficient (Wildman–Crippen LogP) is 4.33. The molecule has 26 heavy (non-hydrogen) atoms.